The van der Waals surface area contributed by atoms with Gasteiger partial charge in [0.1, 0.15) is 4.90 Å². The third-order valence-electron chi connectivity index (χ3n) is 3.19. The molecule has 2 rings (SSSR count). The Hall–Kier alpha value is -1.34. The van der Waals surface area contributed by atoms with Gasteiger partial charge in [0.2, 0.25) is 10.0 Å². The molecule has 0 fully saturated rings. The largest absolute Gasteiger partial charge is 0.494 e. The van der Waals surface area contributed by atoms with Gasteiger partial charge in [0, 0.05) is 11.1 Å². The molecule has 1 N–H and O–H groups in total. The molecule has 0 saturated carbocycles. The number of hydrogen-bond acceptors (Lipinski definition) is 3. The van der Waals surface area contributed by atoms with E-state index in [2.05, 4.69) is 4.72 Å². The van der Waals surface area contributed by atoms with Gasteiger partial charge in [-0.25, -0.2) is 17.5 Å². The van der Waals surface area contributed by atoms with Crippen molar-refractivity contribution in [2.75, 3.05) is 7.11 Å². The van der Waals surface area contributed by atoms with Crippen molar-refractivity contribution in [2.24, 2.45) is 0 Å². The molecule has 0 aliphatic heterocycles. The molecular formula is C15H14Cl2FNO3S. The van der Waals surface area contributed by atoms with Crippen molar-refractivity contribution >= 4 is 33.2 Å². The minimum atomic E-state index is -3.91. The average Bonchev–Trinajstić information content (AvgIpc) is 2.49. The van der Waals surface area contributed by atoms with E-state index in [1.807, 2.05) is 0 Å². The summed E-state index contributed by atoms with van der Waals surface area (Å²) in [5.41, 5.74) is 0.449. The summed E-state index contributed by atoms with van der Waals surface area (Å²) in [6, 6.07) is 7.70. The molecule has 23 heavy (non-hydrogen) atoms. The lowest BCUT2D eigenvalue weighted by Gasteiger charge is -2.16. The van der Waals surface area contributed by atoms with Crippen LogP contribution < -0.4 is 9.46 Å². The molecule has 0 saturated heterocycles. The van der Waals surface area contributed by atoms with Gasteiger partial charge >= 0.3 is 0 Å². The Morgan fingerprint density at radius 2 is 1.87 bits per heavy atom. The zero-order valence-electron chi connectivity index (χ0n) is 12.3. The summed E-state index contributed by atoms with van der Waals surface area (Å²) in [7, 11) is -2.56. The molecule has 0 amide bonds. The summed E-state index contributed by atoms with van der Waals surface area (Å²) in [5, 5.41) is 0.299. The summed E-state index contributed by atoms with van der Waals surface area (Å²) >= 11 is 11.7. The van der Waals surface area contributed by atoms with E-state index >= 15 is 0 Å². The first-order valence-electron chi connectivity index (χ1n) is 6.55. The fraction of sp³-hybridized carbons (Fsp3) is 0.200. The molecule has 2 aromatic rings. The van der Waals surface area contributed by atoms with Gasteiger partial charge in [-0.15, -0.1) is 0 Å². The molecule has 124 valence electrons. The van der Waals surface area contributed by atoms with Gasteiger partial charge in [-0.05, 0) is 42.8 Å². The molecule has 1 atom stereocenters. The summed E-state index contributed by atoms with van der Waals surface area (Å²) in [6.07, 6.45) is 0. The second kappa shape index (κ2) is 7.05. The van der Waals surface area contributed by atoms with E-state index in [0.29, 0.717) is 5.56 Å². The number of nitrogens with one attached hydrogen (secondary N) is 1. The third kappa shape index (κ3) is 4.14. The monoisotopic (exact) mass is 377 g/mol. The molecule has 0 aliphatic rings. The standard InChI is InChI=1S/C15H14Cl2FNO3S/c1-9(10-3-6-14(22-2)13(18)7-10)19-23(20,21)15-8-11(16)4-5-12(15)17/h3-9,19H,1-2H3. The first-order chi connectivity index (χ1) is 10.7. The molecule has 0 radical (unpaired) electrons. The molecule has 4 nitrogen and oxygen atoms in total. The molecular weight excluding hydrogens is 364 g/mol. The van der Waals surface area contributed by atoms with Gasteiger partial charge in [-0.3, -0.25) is 0 Å². The Morgan fingerprint density at radius 3 is 2.48 bits per heavy atom. The molecule has 0 bridgehead atoms. The predicted octanol–water partition coefficient (Wildman–Crippen LogP) is 4.18. The van der Waals surface area contributed by atoms with Gasteiger partial charge in [-0.1, -0.05) is 29.3 Å². The fourth-order valence-corrected chi connectivity index (χ4v) is 3.99. The van der Waals surface area contributed by atoms with Gasteiger partial charge in [-0.2, -0.15) is 0 Å². The Labute approximate surface area is 144 Å². The van der Waals surface area contributed by atoms with Gasteiger partial charge in [0.25, 0.3) is 0 Å². The lowest BCUT2D eigenvalue weighted by molar-refractivity contribution is 0.386. The second-order valence-electron chi connectivity index (χ2n) is 4.81. The highest BCUT2D eigenvalue weighted by molar-refractivity contribution is 7.89. The van der Waals surface area contributed by atoms with Crippen molar-refractivity contribution in [3.63, 3.8) is 0 Å². The lowest BCUT2D eigenvalue weighted by Crippen LogP contribution is -2.27. The van der Waals surface area contributed by atoms with Crippen LogP contribution in [-0.4, -0.2) is 15.5 Å². The van der Waals surface area contributed by atoms with Gasteiger partial charge < -0.3 is 4.74 Å². The van der Waals surface area contributed by atoms with Crippen LogP contribution in [0.2, 0.25) is 10.0 Å². The summed E-state index contributed by atoms with van der Waals surface area (Å²) in [4.78, 5) is -0.132. The van der Waals surface area contributed by atoms with E-state index in [1.165, 1.54) is 37.4 Å². The van der Waals surface area contributed by atoms with Gasteiger partial charge in [0.15, 0.2) is 11.6 Å². The molecule has 1 unspecified atom stereocenters. The van der Waals surface area contributed by atoms with Crippen LogP contribution in [0.25, 0.3) is 0 Å². The van der Waals surface area contributed by atoms with Crippen LogP contribution in [0, 0.1) is 5.82 Å². The topological polar surface area (TPSA) is 55.4 Å². The maximum atomic E-state index is 13.7. The number of hydrogen-bond donors (Lipinski definition) is 1. The number of halogens is 3. The quantitative estimate of drug-likeness (QED) is 0.849. The molecule has 0 aliphatic carbocycles. The van der Waals surface area contributed by atoms with E-state index in [4.69, 9.17) is 27.9 Å². The van der Waals surface area contributed by atoms with Crippen LogP contribution in [0.4, 0.5) is 4.39 Å². The first kappa shape index (κ1) is 18.0. The van der Waals surface area contributed by atoms with E-state index < -0.39 is 21.9 Å². The molecule has 8 heteroatoms. The normalized spacial score (nSPS) is 12.9. The number of ether oxygens (including phenoxy) is 1. The maximum absolute atomic E-state index is 13.7. The number of benzene rings is 2. The Morgan fingerprint density at radius 1 is 1.17 bits per heavy atom. The molecule has 2 aromatic carbocycles. The summed E-state index contributed by atoms with van der Waals surface area (Å²) in [6.45, 7) is 1.59. The Balaban J connectivity index is 2.29. The van der Waals surface area contributed by atoms with E-state index in [0.717, 1.165) is 0 Å². The van der Waals surface area contributed by atoms with Crippen molar-refractivity contribution in [3.05, 3.63) is 57.8 Å². The minimum Gasteiger partial charge on any atom is -0.494 e. The van der Waals surface area contributed by atoms with Crippen LogP contribution in [0.5, 0.6) is 5.75 Å². The van der Waals surface area contributed by atoms with E-state index in [1.54, 1.807) is 13.0 Å². The highest BCUT2D eigenvalue weighted by Crippen LogP contribution is 2.27. The smallest absolute Gasteiger partial charge is 0.242 e. The zero-order chi connectivity index (χ0) is 17.2. The average molecular weight is 378 g/mol. The maximum Gasteiger partial charge on any atom is 0.242 e. The fourth-order valence-electron chi connectivity index (χ4n) is 2.00. The van der Waals surface area contributed by atoms with Crippen LogP contribution in [0.1, 0.15) is 18.5 Å². The predicted molar refractivity (Wildman–Crippen MR) is 88.2 cm³/mol. The van der Waals surface area contributed by atoms with Crippen molar-refractivity contribution < 1.29 is 17.5 Å². The van der Waals surface area contributed by atoms with Crippen LogP contribution in [-0.2, 0) is 10.0 Å². The molecule has 0 heterocycles. The second-order valence-corrected chi connectivity index (χ2v) is 7.34. The molecule has 0 aromatic heterocycles. The zero-order valence-corrected chi connectivity index (χ0v) is 14.6. The summed E-state index contributed by atoms with van der Waals surface area (Å²) < 4.78 is 45.9. The van der Waals surface area contributed by atoms with Crippen LogP contribution in [0.15, 0.2) is 41.3 Å². The number of rotatable bonds is 5. The van der Waals surface area contributed by atoms with Crippen molar-refractivity contribution in [2.45, 2.75) is 17.9 Å². The highest BCUT2D eigenvalue weighted by atomic mass is 35.5. The van der Waals surface area contributed by atoms with Crippen LogP contribution >= 0.6 is 23.2 Å². The van der Waals surface area contributed by atoms with Crippen molar-refractivity contribution in [1.82, 2.24) is 4.72 Å². The number of sulfonamides is 1. The van der Waals surface area contributed by atoms with Crippen LogP contribution in [0.3, 0.4) is 0 Å². The van der Waals surface area contributed by atoms with Crippen molar-refractivity contribution in [1.29, 1.82) is 0 Å². The summed E-state index contributed by atoms with van der Waals surface area (Å²) in [5.74, 6) is -0.487. The molecule has 0 spiro atoms. The minimum absolute atomic E-state index is 0.0509. The highest BCUT2D eigenvalue weighted by Gasteiger charge is 2.22. The first-order valence-corrected chi connectivity index (χ1v) is 8.79. The van der Waals surface area contributed by atoms with Crippen molar-refractivity contribution in [3.8, 4) is 5.75 Å². The van der Waals surface area contributed by atoms with Gasteiger partial charge in [0.05, 0.1) is 12.1 Å². The van der Waals surface area contributed by atoms with E-state index in [9.17, 15) is 12.8 Å². The third-order valence-corrected chi connectivity index (χ3v) is 5.45. The Kier molecular flexibility index (Phi) is 5.52. The SMILES string of the molecule is COc1ccc(C(C)NS(=O)(=O)c2cc(Cl)ccc2Cl)cc1F. The van der Waals surface area contributed by atoms with E-state index in [-0.39, 0.29) is 20.7 Å². The number of methoxy groups -OCH3 is 1. The Bertz CT molecular complexity index is 827. The lowest BCUT2D eigenvalue weighted by atomic mass is 10.1.